The molecule has 4 aromatic rings. The second kappa shape index (κ2) is 13.5. The van der Waals surface area contributed by atoms with E-state index in [4.69, 9.17) is 24.7 Å². The lowest BCUT2D eigenvalue weighted by molar-refractivity contribution is -0.112. The maximum absolute atomic E-state index is 14.4. The van der Waals surface area contributed by atoms with E-state index < -0.39 is 5.82 Å². The van der Waals surface area contributed by atoms with Gasteiger partial charge < -0.3 is 29.6 Å². The molecule has 0 radical (unpaired) electrons. The van der Waals surface area contributed by atoms with E-state index in [0.717, 1.165) is 43.2 Å². The van der Waals surface area contributed by atoms with Gasteiger partial charge in [0, 0.05) is 61.7 Å². The van der Waals surface area contributed by atoms with E-state index in [-0.39, 0.29) is 23.4 Å². The van der Waals surface area contributed by atoms with Crippen molar-refractivity contribution in [3.8, 4) is 23.0 Å². The molecule has 1 aromatic heterocycles. The normalized spacial score (nSPS) is 15.6. The van der Waals surface area contributed by atoms with E-state index in [0.29, 0.717) is 47.2 Å². The third-order valence-electron chi connectivity index (χ3n) is 8.30. The van der Waals surface area contributed by atoms with E-state index in [2.05, 4.69) is 30.8 Å². The second-order valence-corrected chi connectivity index (χ2v) is 11.1. The summed E-state index contributed by atoms with van der Waals surface area (Å²) in [6.45, 7) is 3.36. The molecule has 3 aromatic carbocycles. The number of fused-ring (bicyclic) bond motifs is 1. The van der Waals surface area contributed by atoms with Crippen LogP contribution in [0.25, 0.3) is 0 Å². The van der Waals surface area contributed by atoms with Gasteiger partial charge >= 0.3 is 0 Å². The number of aromatic nitrogens is 2. The molecule has 0 spiro atoms. The zero-order valence-corrected chi connectivity index (χ0v) is 26.7. The van der Waals surface area contributed by atoms with Gasteiger partial charge in [-0.3, -0.25) is 14.6 Å². The molecule has 2 aliphatic heterocycles. The van der Waals surface area contributed by atoms with Gasteiger partial charge in [-0.1, -0.05) is 6.07 Å². The van der Waals surface area contributed by atoms with Crippen LogP contribution in [0.1, 0.15) is 16.7 Å². The number of amides is 1. The number of hydrogen-bond donors (Lipinski definition) is 1. The van der Waals surface area contributed by atoms with Crippen molar-refractivity contribution in [2.45, 2.75) is 6.42 Å². The number of carbonyl (C=O) groups is 1. The quantitative estimate of drug-likeness (QED) is 0.271. The van der Waals surface area contributed by atoms with Crippen molar-refractivity contribution >= 4 is 34.8 Å². The molecule has 244 valence electrons. The molecule has 2 N–H and O–H groups in total. The number of aliphatic imine (C=N–C) groups is 1. The Kier molecular flexibility index (Phi) is 9.07. The number of carbonyl (C=O) groups excluding carboxylic acids is 1. The average molecular weight is 642 g/mol. The summed E-state index contributed by atoms with van der Waals surface area (Å²) in [5.74, 6) is 1.69. The Labute approximate surface area is 272 Å². The number of nitrogen functional groups attached to an aromatic ring is 1. The third-order valence-corrected chi connectivity index (χ3v) is 8.30. The van der Waals surface area contributed by atoms with Crippen LogP contribution in [0.4, 0.5) is 27.5 Å². The Morgan fingerprint density at radius 2 is 1.66 bits per heavy atom. The van der Waals surface area contributed by atoms with Gasteiger partial charge in [0.25, 0.3) is 11.9 Å². The molecule has 12 nitrogen and oxygen atoms in total. The fraction of sp³-hybridized carbons (Fsp3) is 0.294. The largest absolute Gasteiger partial charge is 0.497 e. The van der Waals surface area contributed by atoms with Gasteiger partial charge in [-0.25, -0.2) is 14.4 Å². The highest BCUT2D eigenvalue weighted by Crippen LogP contribution is 2.39. The number of piperazine rings is 1. The molecule has 0 atom stereocenters. The molecule has 0 bridgehead atoms. The van der Waals surface area contributed by atoms with E-state index in [9.17, 15) is 9.18 Å². The molecule has 3 heterocycles. The summed E-state index contributed by atoms with van der Waals surface area (Å²) in [4.78, 5) is 33.1. The van der Waals surface area contributed by atoms with Crippen molar-refractivity contribution < 1.29 is 28.1 Å². The summed E-state index contributed by atoms with van der Waals surface area (Å²) in [6.07, 6.45) is 1.95. The Hall–Kier alpha value is -5.43. The van der Waals surface area contributed by atoms with Crippen molar-refractivity contribution in [1.29, 1.82) is 0 Å². The van der Waals surface area contributed by atoms with Crippen LogP contribution < -0.4 is 34.5 Å². The fourth-order valence-corrected chi connectivity index (χ4v) is 5.85. The molecule has 0 aliphatic carbocycles. The minimum Gasteiger partial charge on any atom is -0.497 e. The SMILES string of the molecule is COc1cccc(N2CCN(CN3C(=O)/C(=N\c4ncc(Cc5cc(OC)c(OC)c(OC)c5)c(N)n4)c4cc(F)ccc43)CC2)c1. The summed E-state index contributed by atoms with van der Waals surface area (Å²) in [5, 5.41) is 0. The number of halogens is 1. The molecule has 1 amide bonds. The first-order chi connectivity index (χ1) is 22.8. The van der Waals surface area contributed by atoms with E-state index >= 15 is 0 Å². The summed E-state index contributed by atoms with van der Waals surface area (Å²) in [7, 11) is 6.29. The molecule has 6 rings (SSSR count). The van der Waals surface area contributed by atoms with Crippen molar-refractivity contribution in [3.05, 3.63) is 83.3 Å². The number of nitrogens with zero attached hydrogens (tertiary/aromatic N) is 6. The maximum atomic E-state index is 14.4. The predicted octanol–water partition coefficient (Wildman–Crippen LogP) is 4.07. The predicted molar refractivity (Wildman–Crippen MR) is 177 cm³/mol. The van der Waals surface area contributed by atoms with E-state index in [1.165, 1.54) is 12.1 Å². The number of methoxy groups -OCH3 is 4. The van der Waals surface area contributed by atoms with Crippen LogP contribution >= 0.6 is 0 Å². The highest BCUT2D eigenvalue weighted by Gasteiger charge is 2.36. The molecule has 2 aliphatic rings. The van der Waals surface area contributed by atoms with Gasteiger partial charge in [-0.2, -0.15) is 4.98 Å². The highest BCUT2D eigenvalue weighted by atomic mass is 19.1. The summed E-state index contributed by atoms with van der Waals surface area (Å²) < 4.78 is 36.1. The topological polar surface area (TPSA) is 128 Å². The van der Waals surface area contributed by atoms with Crippen LogP contribution in [-0.2, 0) is 11.2 Å². The van der Waals surface area contributed by atoms with E-state index in [1.54, 1.807) is 45.6 Å². The van der Waals surface area contributed by atoms with Crippen LogP contribution in [0.15, 0.2) is 65.8 Å². The number of benzene rings is 3. The average Bonchev–Trinajstić information content (AvgIpc) is 3.34. The van der Waals surface area contributed by atoms with Gasteiger partial charge in [0.2, 0.25) is 5.75 Å². The van der Waals surface area contributed by atoms with Crippen LogP contribution in [0.2, 0.25) is 0 Å². The standard InChI is InChI=1S/C34H36FN7O5/c1-44-25-7-5-6-24(18-25)41-12-10-40(11-13-41)20-42-27-9-8-23(35)17-26(27)30(33(42)43)38-34-37-19-22(32(36)39-34)14-21-15-28(45-2)31(47-4)29(16-21)46-3/h5-9,15-19H,10-14,20H2,1-4H3,(H2,36,37,39)/b38-30-. The summed E-state index contributed by atoms with van der Waals surface area (Å²) >= 11 is 0. The minimum absolute atomic E-state index is 0.00320. The maximum Gasteiger partial charge on any atom is 0.278 e. The monoisotopic (exact) mass is 641 g/mol. The molecule has 0 saturated carbocycles. The molecule has 1 fully saturated rings. The van der Waals surface area contributed by atoms with Gasteiger partial charge in [0.1, 0.15) is 23.1 Å². The van der Waals surface area contributed by atoms with Crippen molar-refractivity contribution in [2.24, 2.45) is 4.99 Å². The van der Waals surface area contributed by atoms with Crippen LogP contribution in [0.5, 0.6) is 23.0 Å². The molecule has 1 saturated heterocycles. The lowest BCUT2D eigenvalue weighted by atomic mass is 10.1. The van der Waals surface area contributed by atoms with Crippen molar-refractivity contribution in [2.75, 3.05) is 76.8 Å². The van der Waals surface area contributed by atoms with Gasteiger partial charge in [-0.05, 0) is 48.0 Å². The first-order valence-corrected chi connectivity index (χ1v) is 15.0. The first-order valence-electron chi connectivity index (χ1n) is 15.0. The van der Waals surface area contributed by atoms with Gasteiger partial charge in [0.15, 0.2) is 11.5 Å². The lowest BCUT2D eigenvalue weighted by Crippen LogP contribution is -2.51. The Balaban J connectivity index is 1.20. The van der Waals surface area contributed by atoms with Crippen molar-refractivity contribution in [1.82, 2.24) is 14.9 Å². The second-order valence-electron chi connectivity index (χ2n) is 11.1. The van der Waals surface area contributed by atoms with Crippen LogP contribution in [0, 0.1) is 5.82 Å². The smallest absolute Gasteiger partial charge is 0.278 e. The summed E-state index contributed by atoms with van der Waals surface area (Å²) in [6, 6.07) is 15.9. The van der Waals surface area contributed by atoms with Crippen molar-refractivity contribution in [3.63, 3.8) is 0 Å². The fourth-order valence-electron chi connectivity index (χ4n) is 5.85. The lowest BCUT2D eigenvalue weighted by Gasteiger charge is -2.37. The number of hydrogen-bond acceptors (Lipinski definition) is 11. The van der Waals surface area contributed by atoms with Gasteiger partial charge in [0.05, 0.1) is 40.8 Å². The number of rotatable bonds is 10. The summed E-state index contributed by atoms with van der Waals surface area (Å²) in [5.41, 5.74) is 9.93. The first kappa shape index (κ1) is 31.5. The number of nitrogens with two attached hydrogens (primary N) is 1. The van der Waals surface area contributed by atoms with Gasteiger partial charge in [-0.15, -0.1) is 0 Å². The van der Waals surface area contributed by atoms with E-state index in [1.807, 2.05) is 30.3 Å². The number of ether oxygens (including phenoxy) is 4. The molecule has 47 heavy (non-hydrogen) atoms. The Morgan fingerprint density at radius 3 is 2.32 bits per heavy atom. The van der Waals surface area contributed by atoms with Crippen LogP contribution in [0.3, 0.4) is 0 Å². The van der Waals surface area contributed by atoms with Crippen LogP contribution in [-0.4, -0.2) is 87.8 Å². The zero-order chi connectivity index (χ0) is 33.1. The number of anilines is 3. The Bertz CT molecular complexity index is 1800. The molecule has 0 unspecified atom stereocenters. The Morgan fingerprint density at radius 1 is 0.915 bits per heavy atom. The zero-order valence-electron chi connectivity index (χ0n) is 26.7. The molecular formula is C34H36FN7O5. The minimum atomic E-state index is -0.473. The third kappa shape index (κ3) is 6.47. The highest BCUT2D eigenvalue weighted by molar-refractivity contribution is 6.54. The molecule has 13 heteroatoms. The molecular weight excluding hydrogens is 605 g/mol.